The number of carbonyl (C=O) groups is 2. The van der Waals surface area contributed by atoms with Gasteiger partial charge in [-0.1, -0.05) is 47.2 Å². The lowest BCUT2D eigenvalue weighted by atomic mass is 10.2. The van der Waals surface area contributed by atoms with E-state index in [9.17, 15) is 18.0 Å². The summed E-state index contributed by atoms with van der Waals surface area (Å²) in [6, 6.07) is 13.7. The number of aryl methyl sites for hydroxylation is 2. The maximum atomic E-state index is 12.7. The highest BCUT2D eigenvalue weighted by atomic mass is 32.2. The monoisotopic (exact) mass is 445 g/mol. The first-order chi connectivity index (χ1) is 14.2. The molecule has 1 saturated heterocycles. The van der Waals surface area contributed by atoms with Crippen LogP contribution in [-0.2, 0) is 19.6 Å². The quantitative estimate of drug-likeness (QED) is 0.736. The molecule has 1 aliphatic heterocycles. The van der Waals surface area contributed by atoms with Crippen molar-refractivity contribution in [3.05, 3.63) is 59.7 Å². The van der Waals surface area contributed by atoms with Gasteiger partial charge in [0, 0.05) is 18.7 Å². The Hall–Kier alpha value is -2.65. The van der Waals surface area contributed by atoms with Crippen LogP contribution in [0.3, 0.4) is 0 Å². The Kier molecular flexibility index (Phi) is 6.62. The van der Waals surface area contributed by atoms with Crippen LogP contribution in [0.5, 0.6) is 0 Å². The second-order valence-corrected chi connectivity index (χ2v) is 9.74. The molecule has 2 aromatic carbocycles. The maximum absolute atomic E-state index is 12.7. The third-order valence-corrected chi connectivity index (χ3v) is 7.13. The summed E-state index contributed by atoms with van der Waals surface area (Å²) in [5, 5.41) is 2.14. The molecule has 0 radical (unpaired) electrons. The number of thioether (sulfide) groups is 1. The molecule has 1 atom stereocenters. The fraction of sp³-hybridized carbons (Fsp3) is 0.286. The SMILES string of the molecule is CCN1C(=O)[C@H](CC(=O)Nc2ccc(C)cc2)SC1=NS(=O)(=O)c1ccc(C)cc1. The smallest absolute Gasteiger partial charge is 0.284 e. The second-order valence-electron chi connectivity index (χ2n) is 6.97. The Morgan fingerprint density at radius 3 is 2.20 bits per heavy atom. The molecule has 2 aromatic rings. The zero-order chi connectivity index (χ0) is 21.9. The van der Waals surface area contributed by atoms with E-state index in [-0.39, 0.29) is 34.8 Å². The van der Waals surface area contributed by atoms with Gasteiger partial charge in [0.25, 0.3) is 10.0 Å². The largest absolute Gasteiger partial charge is 0.326 e. The molecule has 2 amide bonds. The van der Waals surface area contributed by atoms with Crippen molar-refractivity contribution in [1.82, 2.24) is 4.90 Å². The van der Waals surface area contributed by atoms with E-state index in [1.54, 1.807) is 31.2 Å². The molecule has 9 heteroatoms. The van der Waals surface area contributed by atoms with Crippen LogP contribution in [0.4, 0.5) is 5.69 Å². The van der Waals surface area contributed by atoms with E-state index in [4.69, 9.17) is 0 Å². The van der Waals surface area contributed by atoms with Crippen LogP contribution in [0.15, 0.2) is 57.8 Å². The lowest BCUT2D eigenvalue weighted by molar-refractivity contribution is -0.128. The van der Waals surface area contributed by atoms with Crippen molar-refractivity contribution in [2.45, 2.75) is 37.3 Å². The van der Waals surface area contributed by atoms with Gasteiger partial charge in [-0.3, -0.25) is 14.5 Å². The van der Waals surface area contributed by atoms with Crippen molar-refractivity contribution in [3.63, 3.8) is 0 Å². The van der Waals surface area contributed by atoms with Crippen LogP contribution >= 0.6 is 11.8 Å². The van der Waals surface area contributed by atoms with E-state index in [1.807, 2.05) is 26.0 Å². The first-order valence-electron chi connectivity index (χ1n) is 9.46. The third kappa shape index (κ3) is 5.09. The molecule has 0 bridgehead atoms. The summed E-state index contributed by atoms with van der Waals surface area (Å²) in [6.07, 6.45) is -0.0719. The average molecular weight is 446 g/mol. The molecular formula is C21H23N3O4S2. The predicted molar refractivity (Wildman–Crippen MR) is 119 cm³/mol. The average Bonchev–Trinajstić information content (AvgIpc) is 2.97. The summed E-state index contributed by atoms with van der Waals surface area (Å²) < 4.78 is 29.2. The van der Waals surface area contributed by atoms with E-state index in [1.165, 1.54) is 17.0 Å². The number of nitrogens with one attached hydrogen (secondary N) is 1. The third-order valence-electron chi connectivity index (χ3n) is 4.56. The highest BCUT2D eigenvalue weighted by Crippen LogP contribution is 2.31. The Morgan fingerprint density at radius 1 is 1.07 bits per heavy atom. The standard InChI is InChI=1S/C21H23N3O4S2/c1-4-24-20(26)18(13-19(25)22-16-9-5-14(2)6-10-16)29-21(24)23-30(27,28)17-11-7-15(3)8-12-17/h5-12,18H,4,13H2,1-3H3,(H,22,25)/t18-/m0/s1. The highest BCUT2D eigenvalue weighted by Gasteiger charge is 2.39. The topological polar surface area (TPSA) is 95.9 Å². The molecule has 1 aliphatic rings. The fourth-order valence-electron chi connectivity index (χ4n) is 2.88. The Bertz CT molecular complexity index is 1080. The van der Waals surface area contributed by atoms with Crippen molar-refractivity contribution in [2.75, 3.05) is 11.9 Å². The number of amidine groups is 1. The molecule has 0 unspecified atom stereocenters. The van der Waals surface area contributed by atoms with E-state index >= 15 is 0 Å². The fourth-order valence-corrected chi connectivity index (χ4v) is 5.30. The number of rotatable bonds is 6. The van der Waals surface area contributed by atoms with E-state index in [0.717, 1.165) is 22.9 Å². The molecule has 0 saturated carbocycles. The minimum Gasteiger partial charge on any atom is -0.326 e. The minimum absolute atomic E-state index is 0.0604. The van der Waals surface area contributed by atoms with Gasteiger partial charge in [-0.05, 0) is 45.0 Å². The normalized spacial score (nSPS) is 18.1. The van der Waals surface area contributed by atoms with Crippen LogP contribution in [0.25, 0.3) is 0 Å². The molecule has 1 fully saturated rings. The number of anilines is 1. The number of sulfonamides is 1. The first kappa shape index (κ1) is 22.0. The van der Waals surface area contributed by atoms with Crippen molar-refractivity contribution in [1.29, 1.82) is 0 Å². The van der Waals surface area contributed by atoms with Crippen molar-refractivity contribution < 1.29 is 18.0 Å². The van der Waals surface area contributed by atoms with Crippen LogP contribution in [0.1, 0.15) is 24.5 Å². The highest BCUT2D eigenvalue weighted by molar-refractivity contribution is 8.16. The minimum atomic E-state index is -3.96. The van der Waals surface area contributed by atoms with Crippen LogP contribution in [0, 0.1) is 13.8 Å². The summed E-state index contributed by atoms with van der Waals surface area (Å²) in [5.41, 5.74) is 2.65. The Morgan fingerprint density at radius 2 is 1.63 bits per heavy atom. The summed E-state index contributed by atoms with van der Waals surface area (Å²) >= 11 is 1.00. The van der Waals surface area contributed by atoms with Gasteiger partial charge in [-0.2, -0.15) is 8.42 Å². The van der Waals surface area contributed by atoms with Gasteiger partial charge in [-0.25, -0.2) is 0 Å². The molecule has 7 nitrogen and oxygen atoms in total. The van der Waals surface area contributed by atoms with Crippen LogP contribution < -0.4 is 5.32 Å². The van der Waals surface area contributed by atoms with Crippen molar-refractivity contribution in [3.8, 4) is 0 Å². The Balaban J connectivity index is 1.75. The molecule has 0 aliphatic carbocycles. The van der Waals surface area contributed by atoms with Crippen molar-refractivity contribution in [2.24, 2.45) is 4.40 Å². The van der Waals surface area contributed by atoms with Gasteiger partial charge in [0.05, 0.1) is 4.90 Å². The summed E-state index contributed by atoms with van der Waals surface area (Å²) in [5.74, 6) is -0.636. The molecule has 158 valence electrons. The van der Waals surface area contributed by atoms with Gasteiger partial charge < -0.3 is 5.32 Å². The van der Waals surface area contributed by atoms with Crippen molar-refractivity contribution >= 4 is 44.5 Å². The molecule has 3 rings (SSSR count). The van der Waals surface area contributed by atoms with Gasteiger partial charge in [-0.15, -0.1) is 4.40 Å². The predicted octanol–water partition coefficient (Wildman–Crippen LogP) is 3.34. The Labute approximate surface area is 180 Å². The number of hydrogen-bond acceptors (Lipinski definition) is 5. The zero-order valence-corrected chi connectivity index (χ0v) is 18.6. The van der Waals surface area contributed by atoms with Gasteiger partial charge in [0.1, 0.15) is 5.25 Å². The van der Waals surface area contributed by atoms with E-state index < -0.39 is 15.3 Å². The molecule has 0 aromatic heterocycles. The number of carbonyl (C=O) groups excluding carboxylic acids is 2. The molecule has 0 spiro atoms. The number of amides is 2. The lowest BCUT2D eigenvalue weighted by Gasteiger charge is -2.13. The molecule has 1 N–H and O–H groups in total. The zero-order valence-electron chi connectivity index (χ0n) is 17.0. The van der Waals surface area contributed by atoms with E-state index in [2.05, 4.69) is 9.71 Å². The second kappa shape index (κ2) is 9.01. The summed E-state index contributed by atoms with van der Waals surface area (Å²) in [7, 11) is -3.96. The molecule has 30 heavy (non-hydrogen) atoms. The molecule has 1 heterocycles. The number of benzene rings is 2. The van der Waals surface area contributed by atoms with Crippen LogP contribution in [0.2, 0.25) is 0 Å². The van der Waals surface area contributed by atoms with Gasteiger partial charge >= 0.3 is 0 Å². The van der Waals surface area contributed by atoms with Crippen LogP contribution in [-0.4, -0.2) is 42.1 Å². The summed E-state index contributed by atoms with van der Waals surface area (Å²) in [4.78, 5) is 26.4. The number of nitrogens with zero attached hydrogens (tertiary/aromatic N) is 2. The van der Waals surface area contributed by atoms with Gasteiger partial charge in [0.15, 0.2) is 5.17 Å². The maximum Gasteiger partial charge on any atom is 0.284 e. The number of hydrogen-bond donors (Lipinski definition) is 1. The lowest BCUT2D eigenvalue weighted by Crippen LogP contribution is -2.33. The molecular weight excluding hydrogens is 422 g/mol. The van der Waals surface area contributed by atoms with E-state index in [0.29, 0.717) is 5.69 Å². The first-order valence-corrected chi connectivity index (χ1v) is 11.8. The summed E-state index contributed by atoms with van der Waals surface area (Å²) in [6.45, 7) is 5.81. The van der Waals surface area contributed by atoms with Gasteiger partial charge in [0.2, 0.25) is 11.8 Å².